The van der Waals surface area contributed by atoms with E-state index >= 15 is 0 Å². The molecule has 3 nitrogen and oxygen atoms in total. The number of anilines is 1. The number of benzene rings is 1. The fourth-order valence-corrected chi connectivity index (χ4v) is 2.18. The van der Waals surface area contributed by atoms with Gasteiger partial charge in [0.25, 0.3) is 0 Å². The van der Waals surface area contributed by atoms with Crippen LogP contribution in [-0.2, 0) is 4.79 Å². The number of nitrogens with one attached hydrogen (secondary N) is 1. The second-order valence-electron chi connectivity index (χ2n) is 3.98. The van der Waals surface area contributed by atoms with Crippen molar-refractivity contribution in [3.05, 3.63) is 30.3 Å². The number of aliphatic hydroxyl groups is 1. The van der Waals surface area contributed by atoms with E-state index in [4.69, 9.17) is 0 Å². The number of thioether (sulfide) groups is 1. The molecule has 0 saturated carbocycles. The second-order valence-corrected chi connectivity index (χ2v) is 5.47. The number of rotatable bonds is 6. The Balaban J connectivity index is 2.22. The lowest BCUT2D eigenvalue weighted by Crippen LogP contribution is -2.17. The summed E-state index contributed by atoms with van der Waals surface area (Å²) < 4.78 is 0. The number of amides is 1. The van der Waals surface area contributed by atoms with Crippen LogP contribution in [0.4, 0.5) is 5.69 Å². The van der Waals surface area contributed by atoms with Gasteiger partial charge in [-0.05, 0) is 19.1 Å². The van der Waals surface area contributed by atoms with E-state index in [1.54, 1.807) is 18.7 Å². The maximum Gasteiger partial charge on any atom is 0.225 e. The normalized spacial score (nSPS) is 14.1. The summed E-state index contributed by atoms with van der Waals surface area (Å²) in [6.45, 7) is 3.73. The van der Waals surface area contributed by atoms with E-state index in [2.05, 4.69) is 5.32 Å². The van der Waals surface area contributed by atoms with E-state index < -0.39 is 0 Å². The van der Waals surface area contributed by atoms with Crippen molar-refractivity contribution in [1.82, 2.24) is 0 Å². The van der Waals surface area contributed by atoms with Crippen LogP contribution >= 0.6 is 11.8 Å². The zero-order chi connectivity index (χ0) is 12.7. The first-order chi connectivity index (χ1) is 8.09. The van der Waals surface area contributed by atoms with Crippen molar-refractivity contribution in [2.45, 2.75) is 31.6 Å². The fraction of sp³-hybridized carbons (Fsp3) is 0.462. The maximum atomic E-state index is 11.6. The van der Waals surface area contributed by atoms with Gasteiger partial charge >= 0.3 is 0 Å². The molecule has 0 radical (unpaired) electrons. The molecule has 1 aromatic carbocycles. The lowest BCUT2D eigenvalue weighted by Gasteiger charge is -2.13. The molecule has 0 heterocycles. The molecule has 0 aromatic heterocycles. The van der Waals surface area contributed by atoms with Gasteiger partial charge in [-0.2, -0.15) is 11.8 Å². The van der Waals surface area contributed by atoms with Crippen LogP contribution in [-0.4, -0.2) is 28.1 Å². The van der Waals surface area contributed by atoms with Crippen molar-refractivity contribution < 1.29 is 9.90 Å². The summed E-state index contributed by atoms with van der Waals surface area (Å²) in [5, 5.41) is 12.3. The van der Waals surface area contributed by atoms with Crippen LogP contribution in [0, 0.1) is 0 Å². The summed E-state index contributed by atoms with van der Waals surface area (Å²) in [5.74, 6) is 0.742. The monoisotopic (exact) mass is 253 g/mol. The molecular formula is C13H19NO2S. The molecule has 0 aliphatic rings. The third kappa shape index (κ3) is 5.75. The third-order valence-electron chi connectivity index (χ3n) is 2.45. The van der Waals surface area contributed by atoms with Crippen molar-refractivity contribution in [2.24, 2.45) is 0 Å². The molecule has 1 rings (SSSR count). The molecule has 4 heteroatoms. The van der Waals surface area contributed by atoms with Gasteiger partial charge in [-0.1, -0.05) is 25.1 Å². The van der Waals surface area contributed by atoms with E-state index in [-0.39, 0.29) is 17.3 Å². The van der Waals surface area contributed by atoms with Gasteiger partial charge in [0, 0.05) is 23.1 Å². The molecule has 17 heavy (non-hydrogen) atoms. The highest BCUT2D eigenvalue weighted by Crippen LogP contribution is 2.15. The Labute approximate surface area is 107 Å². The molecule has 2 unspecified atom stereocenters. The van der Waals surface area contributed by atoms with Crippen LogP contribution in [0.3, 0.4) is 0 Å². The Kier molecular flexibility index (Phi) is 6.08. The molecule has 0 bridgehead atoms. The van der Waals surface area contributed by atoms with Crippen LogP contribution < -0.4 is 5.32 Å². The van der Waals surface area contributed by atoms with E-state index in [0.29, 0.717) is 6.42 Å². The van der Waals surface area contributed by atoms with E-state index in [9.17, 15) is 9.90 Å². The van der Waals surface area contributed by atoms with E-state index in [1.165, 1.54) is 0 Å². The second kappa shape index (κ2) is 7.35. The average molecular weight is 253 g/mol. The summed E-state index contributed by atoms with van der Waals surface area (Å²) in [7, 11) is 0. The SMILES string of the molecule is CC(O)C(C)SCCC(=O)Nc1ccccc1. The summed E-state index contributed by atoms with van der Waals surface area (Å²) in [4.78, 5) is 11.6. The lowest BCUT2D eigenvalue weighted by molar-refractivity contribution is -0.115. The molecule has 0 aliphatic heterocycles. The minimum absolute atomic E-state index is 0.0153. The molecular weight excluding hydrogens is 234 g/mol. The summed E-state index contributed by atoms with van der Waals surface area (Å²) in [6.07, 6.45) is 0.133. The molecule has 0 saturated heterocycles. The molecule has 1 aromatic rings. The van der Waals surface area contributed by atoms with Crippen LogP contribution in [0.1, 0.15) is 20.3 Å². The van der Waals surface area contributed by atoms with Gasteiger partial charge in [0.15, 0.2) is 0 Å². The molecule has 2 atom stereocenters. The van der Waals surface area contributed by atoms with Crippen molar-refractivity contribution in [3.8, 4) is 0 Å². The first-order valence-electron chi connectivity index (χ1n) is 5.74. The fourth-order valence-electron chi connectivity index (χ4n) is 1.22. The Hall–Kier alpha value is -1.00. The zero-order valence-electron chi connectivity index (χ0n) is 10.2. The predicted octanol–water partition coefficient (Wildman–Crippen LogP) is 2.52. The summed E-state index contributed by atoms with van der Waals surface area (Å²) >= 11 is 1.61. The van der Waals surface area contributed by atoms with Crippen molar-refractivity contribution in [3.63, 3.8) is 0 Å². The highest BCUT2D eigenvalue weighted by atomic mass is 32.2. The van der Waals surface area contributed by atoms with Gasteiger partial charge in [-0.25, -0.2) is 0 Å². The van der Waals surface area contributed by atoms with E-state index in [1.807, 2.05) is 37.3 Å². The number of hydrogen-bond donors (Lipinski definition) is 2. The topological polar surface area (TPSA) is 49.3 Å². The zero-order valence-corrected chi connectivity index (χ0v) is 11.0. The smallest absolute Gasteiger partial charge is 0.225 e. The Morgan fingerprint density at radius 3 is 2.59 bits per heavy atom. The molecule has 1 amide bonds. The molecule has 0 spiro atoms. The highest BCUT2D eigenvalue weighted by molar-refractivity contribution is 7.99. The predicted molar refractivity (Wildman–Crippen MR) is 73.3 cm³/mol. The van der Waals surface area contributed by atoms with Gasteiger partial charge < -0.3 is 10.4 Å². The number of carbonyl (C=O) groups is 1. The first-order valence-corrected chi connectivity index (χ1v) is 6.79. The maximum absolute atomic E-state index is 11.6. The van der Waals surface area contributed by atoms with Gasteiger partial charge in [0.1, 0.15) is 0 Å². The molecule has 0 aliphatic carbocycles. The van der Waals surface area contributed by atoms with Crippen molar-refractivity contribution in [2.75, 3.05) is 11.1 Å². The molecule has 94 valence electrons. The number of aliphatic hydroxyl groups excluding tert-OH is 1. The number of para-hydroxylation sites is 1. The van der Waals surface area contributed by atoms with Crippen LogP contribution in [0.15, 0.2) is 30.3 Å². The molecule has 2 N–H and O–H groups in total. The Morgan fingerprint density at radius 2 is 2.00 bits per heavy atom. The Bertz CT molecular complexity index is 341. The molecule has 0 fully saturated rings. The number of hydrogen-bond acceptors (Lipinski definition) is 3. The quantitative estimate of drug-likeness (QED) is 0.819. The van der Waals surface area contributed by atoms with E-state index in [0.717, 1.165) is 11.4 Å². The standard InChI is InChI=1S/C13H19NO2S/c1-10(15)11(2)17-9-8-13(16)14-12-6-4-3-5-7-12/h3-7,10-11,15H,8-9H2,1-2H3,(H,14,16). The lowest BCUT2D eigenvalue weighted by atomic mass is 10.3. The van der Waals surface area contributed by atoms with Gasteiger partial charge in [-0.15, -0.1) is 0 Å². The average Bonchev–Trinajstić information content (AvgIpc) is 2.30. The summed E-state index contributed by atoms with van der Waals surface area (Å²) in [5.41, 5.74) is 0.825. The third-order valence-corrected chi connectivity index (χ3v) is 3.81. The Morgan fingerprint density at radius 1 is 1.35 bits per heavy atom. The van der Waals surface area contributed by atoms with Crippen molar-refractivity contribution in [1.29, 1.82) is 0 Å². The largest absolute Gasteiger partial charge is 0.392 e. The van der Waals surface area contributed by atoms with Crippen molar-refractivity contribution >= 4 is 23.4 Å². The van der Waals surface area contributed by atoms with Crippen LogP contribution in [0.5, 0.6) is 0 Å². The minimum atomic E-state index is -0.336. The van der Waals surface area contributed by atoms with Crippen LogP contribution in [0.2, 0.25) is 0 Å². The summed E-state index contributed by atoms with van der Waals surface area (Å²) in [6, 6.07) is 9.42. The minimum Gasteiger partial charge on any atom is -0.392 e. The van der Waals surface area contributed by atoms with Gasteiger partial charge in [0.05, 0.1) is 6.10 Å². The number of carbonyl (C=O) groups excluding carboxylic acids is 1. The highest BCUT2D eigenvalue weighted by Gasteiger charge is 2.10. The van der Waals surface area contributed by atoms with Crippen LogP contribution in [0.25, 0.3) is 0 Å². The van der Waals surface area contributed by atoms with Gasteiger partial charge in [-0.3, -0.25) is 4.79 Å². The van der Waals surface area contributed by atoms with Gasteiger partial charge in [0.2, 0.25) is 5.91 Å². The first kappa shape index (κ1) is 14.1.